The summed E-state index contributed by atoms with van der Waals surface area (Å²) >= 11 is 0. The molecule has 2 aliphatic rings. The number of hydrogen-bond acceptors (Lipinski definition) is 4. The van der Waals surface area contributed by atoms with E-state index in [0.29, 0.717) is 24.5 Å². The van der Waals surface area contributed by atoms with E-state index in [1.165, 1.54) is 0 Å². The van der Waals surface area contributed by atoms with Gasteiger partial charge in [0.1, 0.15) is 5.78 Å². The van der Waals surface area contributed by atoms with Crippen molar-refractivity contribution >= 4 is 5.78 Å². The van der Waals surface area contributed by atoms with Crippen molar-refractivity contribution in [2.45, 2.75) is 39.1 Å². The molecule has 1 saturated heterocycles. The third kappa shape index (κ3) is 3.09. The SMILES string of the molecule is [2H]C1(CC(C)C)CN2CCc3cc(OC)c(OC)cc3C2C([2H])([2H])C1=O. The molecule has 23 heavy (non-hydrogen) atoms. The van der Waals surface area contributed by atoms with Crippen molar-refractivity contribution in [3.63, 3.8) is 0 Å². The highest BCUT2D eigenvalue weighted by Gasteiger charge is 2.38. The van der Waals surface area contributed by atoms with Crippen LogP contribution < -0.4 is 9.47 Å². The van der Waals surface area contributed by atoms with Crippen molar-refractivity contribution in [2.24, 2.45) is 11.8 Å². The van der Waals surface area contributed by atoms with Crippen LogP contribution in [0.3, 0.4) is 0 Å². The summed E-state index contributed by atoms with van der Waals surface area (Å²) in [6.07, 6.45) is -1.02. The zero-order valence-corrected chi connectivity index (χ0v) is 14.3. The molecule has 1 aromatic carbocycles. The van der Waals surface area contributed by atoms with E-state index in [1.807, 2.05) is 24.8 Å². The molecule has 1 aromatic rings. The van der Waals surface area contributed by atoms with Crippen molar-refractivity contribution in [3.05, 3.63) is 23.3 Å². The van der Waals surface area contributed by atoms with Crippen LogP contribution in [0.5, 0.6) is 11.5 Å². The normalized spacial score (nSPS) is 31.6. The number of Topliss-reactive ketones (excluding diaryl/α,β-unsaturated/α-hetero) is 1. The lowest BCUT2D eigenvalue weighted by molar-refractivity contribution is -0.129. The number of ether oxygens (including phenoxy) is 2. The van der Waals surface area contributed by atoms with Gasteiger partial charge in [-0.3, -0.25) is 9.69 Å². The van der Waals surface area contributed by atoms with Crippen LogP contribution in [0.25, 0.3) is 0 Å². The highest BCUT2D eigenvalue weighted by Crippen LogP contribution is 2.42. The number of piperidine rings is 1. The Bertz CT molecular complexity index is 722. The average Bonchev–Trinajstić information content (AvgIpc) is 2.57. The minimum Gasteiger partial charge on any atom is -0.493 e. The van der Waals surface area contributed by atoms with E-state index in [9.17, 15) is 4.79 Å². The Morgan fingerprint density at radius 1 is 1.35 bits per heavy atom. The van der Waals surface area contributed by atoms with E-state index in [-0.39, 0.29) is 12.5 Å². The molecule has 0 N–H and O–H groups in total. The quantitative estimate of drug-likeness (QED) is 0.854. The number of rotatable bonds is 4. The number of methoxy groups -OCH3 is 2. The van der Waals surface area contributed by atoms with Crippen molar-refractivity contribution in [1.29, 1.82) is 0 Å². The van der Waals surface area contributed by atoms with Gasteiger partial charge in [0.15, 0.2) is 11.5 Å². The van der Waals surface area contributed by atoms with Gasteiger partial charge in [-0.15, -0.1) is 0 Å². The lowest BCUT2D eigenvalue weighted by Crippen LogP contribution is -2.46. The van der Waals surface area contributed by atoms with Crippen LogP contribution in [0.4, 0.5) is 0 Å². The fraction of sp³-hybridized carbons (Fsp3) is 0.632. The van der Waals surface area contributed by atoms with E-state index < -0.39 is 24.1 Å². The molecule has 2 atom stereocenters. The summed E-state index contributed by atoms with van der Waals surface area (Å²) in [5.41, 5.74) is 1.74. The predicted octanol–water partition coefficient (Wildman–Crippen LogP) is 3.24. The second kappa shape index (κ2) is 6.52. The number of carbonyl (C=O) groups is 1. The maximum absolute atomic E-state index is 13.0. The van der Waals surface area contributed by atoms with Gasteiger partial charge in [0.05, 0.1) is 14.2 Å². The van der Waals surface area contributed by atoms with Crippen LogP contribution in [0, 0.1) is 11.8 Å². The van der Waals surface area contributed by atoms with Crippen LogP contribution in [0.2, 0.25) is 0 Å². The molecule has 3 rings (SSSR count). The minimum atomic E-state index is -2.12. The number of fused-ring (bicyclic) bond motifs is 3. The molecule has 1 fully saturated rings. The average molecular weight is 320 g/mol. The summed E-state index contributed by atoms with van der Waals surface area (Å²) in [6.45, 7) is 4.82. The van der Waals surface area contributed by atoms with E-state index in [0.717, 1.165) is 17.5 Å². The first-order chi connectivity index (χ1) is 12.1. The number of benzene rings is 1. The topological polar surface area (TPSA) is 38.8 Å². The molecule has 4 nitrogen and oxygen atoms in total. The third-order valence-corrected chi connectivity index (χ3v) is 4.61. The van der Waals surface area contributed by atoms with Crippen LogP contribution in [-0.2, 0) is 11.2 Å². The molecule has 0 aliphatic carbocycles. The van der Waals surface area contributed by atoms with E-state index in [1.54, 1.807) is 20.3 Å². The van der Waals surface area contributed by atoms with Gasteiger partial charge in [-0.2, -0.15) is 0 Å². The second-order valence-corrected chi connectivity index (χ2v) is 6.70. The molecule has 126 valence electrons. The Hall–Kier alpha value is -1.55. The number of hydrogen-bond donors (Lipinski definition) is 0. The number of ketones is 1. The number of carbonyl (C=O) groups excluding carboxylic acids is 1. The molecule has 0 aromatic heterocycles. The van der Waals surface area contributed by atoms with Crippen LogP contribution in [0.15, 0.2) is 12.1 Å². The first-order valence-corrected chi connectivity index (χ1v) is 8.18. The number of nitrogens with zero attached hydrogens (tertiary/aromatic N) is 1. The van der Waals surface area contributed by atoms with Gasteiger partial charge >= 0.3 is 0 Å². The lowest BCUT2D eigenvalue weighted by atomic mass is 9.80. The zero-order valence-electron chi connectivity index (χ0n) is 17.3. The molecule has 0 bridgehead atoms. The van der Waals surface area contributed by atoms with Gasteiger partial charge in [0.25, 0.3) is 0 Å². The summed E-state index contributed by atoms with van der Waals surface area (Å²) in [6, 6.07) is 2.97. The Balaban J connectivity index is 2.07. The fourth-order valence-electron chi connectivity index (χ4n) is 3.53. The maximum Gasteiger partial charge on any atom is 0.161 e. The van der Waals surface area contributed by atoms with Crippen LogP contribution in [-0.4, -0.2) is 38.0 Å². The molecule has 2 aliphatic heterocycles. The van der Waals surface area contributed by atoms with Crippen molar-refractivity contribution in [2.75, 3.05) is 27.3 Å². The van der Waals surface area contributed by atoms with Crippen molar-refractivity contribution < 1.29 is 18.4 Å². The van der Waals surface area contributed by atoms with Gasteiger partial charge in [-0.25, -0.2) is 0 Å². The summed E-state index contributed by atoms with van der Waals surface area (Å²) in [7, 11) is 3.12. The summed E-state index contributed by atoms with van der Waals surface area (Å²) in [4.78, 5) is 15.0. The minimum absolute atomic E-state index is 0.158. The van der Waals surface area contributed by atoms with E-state index in [2.05, 4.69) is 0 Å². The molecule has 0 amide bonds. The molecule has 4 heteroatoms. The molecular weight excluding hydrogens is 290 g/mol. The smallest absolute Gasteiger partial charge is 0.161 e. The Morgan fingerprint density at radius 3 is 2.70 bits per heavy atom. The van der Waals surface area contributed by atoms with E-state index in [4.69, 9.17) is 13.6 Å². The predicted molar refractivity (Wildman–Crippen MR) is 90.1 cm³/mol. The highest BCUT2D eigenvalue weighted by molar-refractivity contribution is 5.83. The van der Waals surface area contributed by atoms with Crippen LogP contribution in [0.1, 0.15) is 47.9 Å². The zero-order chi connectivity index (χ0) is 19.3. The Morgan fingerprint density at radius 2 is 2.04 bits per heavy atom. The second-order valence-electron chi connectivity index (χ2n) is 6.70. The van der Waals surface area contributed by atoms with Gasteiger partial charge in [0.2, 0.25) is 0 Å². The summed E-state index contributed by atoms with van der Waals surface area (Å²) in [5, 5.41) is 0. The molecule has 0 spiro atoms. The Kier molecular flexibility index (Phi) is 3.63. The summed E-state index contributed by atoms with van der Waals surface area (Å²) in [5.74, 6) is -0.714. The lowest BCUT2D eigenvalue weighted by Gasteiger charge is -2.43. The first kappa shape index (κ1) is 12.8. The Labute approximate surface area is 143 Å². The largest absolute Gasteiger partial charge is 0.493 e. The fourth-order valence-corrected chi connectivity index (χ4v) is 3.53. The van der Waals surface area contributed by atoms with Crippen molar-refractivity contribution in [1.82, 2.24) is 4.90 Å². The van der Waals surface area contributed by atoms with Gasteiger partial charge < -0.3 is 9.47 Å². The highest BCUT2D eigenvalue weighted by atomic mass is 16.5. The summed E-state index contributed by atoms with van der Waals surface area (Å²) < 4.78 is 36.6. The molecule has 2 heterocycles. The molecule has 0 saturated carbocycles. The third-order valence-electron chi connectivity index (χ3n) is 4.61. The van der Waals surface area contributed by atoms with Crippen LogP contribution >= 0.6 is 0 Å². The van der Waals surface area contributed by atoms with E-state index >= 15 is 0 Å². The molecule has 2 unspecified atom stereocenters. The van der Waals surface area contributed by atoms with Gasteiger partial charge in [-0.1, -0.05) is 13.8 Å². The van der Waals surface area contributed by atoms with Crippen molar-refractivity contribution in [3.8, 4) is 11.5 Å². The first-order valence-electron chi connectivity index (χ1n) is 9.68. The van der Waals surface area contributed by atoms with Gasteiger partial charge in [0, 0.05) is 35.5 Å². The molecule has 0 radical (unpaired) electrons. The maximum atomic E-state index is 13.0. The standard InChI is InChI=1S/C19H27NO3/c1-12(2)7-14-11-20-6-5-13-8-18(22-3)19(23-4)9-15(13)16(20)10-17(14)21/h8-9,12,14,16H,5-7,10-11H2,1-4H3/i10D2,14D. The van der Waals surface area contributed by atoms with Gasteiger partial charge in [-0.05, 0) is 42.0 Å². The molecular formula is C19H27NO3. The monoisotopic (exact) mass is 320 g/mol.